The average Bonchev–Trinajstić information content (AvgIpc) is 2.93. The molecule has 0 saturated carbocycles. The lowest BCUT2D eigenvalue weighted by molar-refractivity contribution is -0.117. The number of carbonyl (C=O) groups excluding carboxylic acids is 2. The molecule has 2 aromatic rings. The minimum absolute atomic E-state index is 0.128. The zero-order valence-corrected chi connectivity index (χ0v) is 25.4. The van der Waals surface area contributed by atoms with E-state index in [2.05, 4.69) is 20.8 Å². The second-order valence-corrected chi connectivity index (χ2v) is 11.7. The van der Waals surface area contributed by atoms with Crippen molar-refractivity contribution < 1.29 is 23.8 Å². The van der Waals surface area contributed by atoms with E-state index in [0.717, 1.165) is 72.3 Å². The van der Waals surface area contributed by atoms with Crippen LogP contribution in [0, 0.1) is 0 Å². The molecule has 0 bridgehead atoms. The Morgan fingerprint density at radius 3 is 2.30 bits per heavy atom. The van der Waals surface area contributed by atoms with Gasteiger partial charge in [-0.1, -0.05) is 23.7 Å². The highest BCUT2D eigenvalue weighted by Gasteiger charge is 2.43. The normalized spacial score (nSPS) is 17.8. The van der Waals surface area contributed by atoms with Gasteiger partial charge in [0, 0.05) is 66.6 Å². The lowest BCUT2D eigenvalue weighted by Gasteiger charge is -2.44. The van der Waals surface area contributed by atoms with Crippen molar-refractivity contribution in [1.29, 1.82) is 0 Å². The molecule has 0 unspecified atom stereocenters. The van der Waals surface area contributed by atoms with Gasteiger partial charge in [-0.2, -0.15) is 0 Å². The molecule has 0 aromatic heterocycles. The first-order valence-corrected chi connectivity index (χ1v) is 15.2. The molecule has 0 fully saturated rings. The van der Waals surface area contributed by atoms with Crippen molar-refractivity contribution in [2.45, 2.75) is 64.4 Å². The summed E-state index contributed by atoms with van der Waals surface area (Å²) in [5.74, 6) is 0.997. The van der Waals surface area contributed by atoms with Crippen LogP contribution in [-0.4, -0.2) is 43.3 Å². The first-order chi connectivity index (χ1) is 19.4. The fourth-order valence-electron chi connectivity index (χ4n) is 6.13. The van der Waals surface area contributed by atoms with Crippen molar-refractivity contribution in [2.24, 2.45) is 0 Å². The first kappa shape index (κ1) is 28.9. The molecule has 5 rings (SSSR count). The number of hydrogen-bond donors (Lipinski definition) is 0. The second kappa shape index (κ2) is 12.9. The zero-order valence-electron chi connectivity index (χ0n) is 23.1. The summed E-state index contributed by atoms with van der Waals surface area (Å²) in [5.41, 5.74) is 5.48. The van der Waals surface area contributed by atoms with Crippen LogP contribution < -0.4 is 9.47 Å². The third kappa shape index (κ3) is 5.88. The topological polar surface area (TPSA) is 65.1 Å². The van der Waals surface area contributed by atoms with Crippen LogP contribution in [0.2, 0.25) is 5.02 Å². The fraction of sp³-hybridized carbons (Fsp3) is 0.438. The molecule has 8 heteroatoms. The Morgan fingerprint density at radius 2 is 1.68 bits per heavy atom. The van der Waals surface area contributed by atoms with E-state index in [1.807, 2.05) is 43.3 Å². The number of methoxy groups -OCH3 is 1. The molecule has 0 saturated heterocycles. The van der Waals surface area contributed by atoms with Crippen LogP contribution in [0.3, 0.4) is 0 Å². The Hall–Kier alpha value is -2.61. The average molecular weight is 629 g/mol. The molecule has 40 heavy (non-hydrogen) atoms. The minimum atomic E-state index is -0.415. The monoisotopic (exact) mass is 627 g/mol. The van der Waals surface area contributed by atoms with Crippen LogP contribution in [0.15, 0.2) is 63.4 Å². The number of halogens is 2. The number of rotatable bonds is 10. The predicted octanol–water partition coefficient (Wildman–Crippen LogP) is 7.53. The van der Waals surface area contributed by atoms with E-state index in [1.54, 1.807) is 7.11 Å². The number of ketones is 2. The summed E-state index contributed by atoms with van der Waals surface area (Å²) in [4.78, 5) is 29.5. The summed E-state index contributed by atoms with van der Waals surface area (Å²) < 4.78 is 18.3. The maximum Gasteiger partial charge on any atom is 0.175 e. The number of allylic oxidation sites excluding steroid dienone is 4. The lowest BCUT2D eigenvalue weighted by Crippen LogP contribution is -2.39. The Balaban J connectivity index is 1.59. The Morgan fingerprint density at radius 1 is 0.975 bits per heavy atom. The standard InChI is InChI=1S/C32H35BrClNO5/c1-3-39-28-18-21(17-23(33)32(28)40-19-20-8-4-9-22(34)16-20)29-30-24(10-5-12-26(30)36)35(14-7-15-38-2)25-11-6-13-27(37)31(25)29/h4,8-9,16-18,29H,3,5-7,10-15,19H2,1-2H3. The molecular weight excluding hydrogens is 594 g/mol. The summed E-state index contributed by atoms with van der Waals surface area (Å²) >= 11 is 9.89. The van der Waals surface area contributed by atoms with Crippen molar-refractivity contribution in [1.82, 2.24) is 4.90 Å². The van der Waals surface area contributed by atoms with E-state index in [1.165, 1.54) is 0 Å². The van der Waals surface area contributed by atoms with E-state index < -0.39 is 5.92 Å². The third-order valence-corrected chi connectivity index (χ3v) is 8.58. The van der Waals surface area contributed by atoms with Gasteiger partial charge < -0.3 is 19.1 Å². The van der Waals surface area contributed by atoms with Crippen LogP contribution in [0.5, 0.6) is 11.5 Å². The third-order valence-electron chi connectivity index (χ3n) is 7.75. The van der Waals surface area contributed by atoms with E-state index >= 15 is 0 Å². The predicted molar refractivity (Wildman–Crippen MR) is 159 cm³/mol. The van der Waals surface area contributed by atoms with Gasteiger partial charge in [-0.3, -0.25) is 9.59 Å². The second-order valence-electron chi connectivity index (χ2n) is 10.4. The van der Waals surface area contributed by atoms with Gasteiger partial charge in [0.05, 0.1) is 11.1 Å². The van der Waals surface area contributed by atoms with Gasteiger partial charge in [0.2, 0.25) is 0 Å². The molecule has 2 aliphatic carbocycles. The van der Waals surface area contributed by atoms with Crippen LogP contribution in [0.25, 0.3) is 0 Å². The number of ether oxygens (including phenoxy) is 3. The van der Waals surface area contributed by atoms with Crippen LogP contribution in [-0.2, 0) is 20.9 Å². The molecular formula is C32H35BrClNO5. The largest absolute Gasteiger partial charge is 0.490 e. The van der Waals surface area contributed by atoms with Gasteiger partial charge in [0.25, 0.3) is 0 Å². The first-order valence-electron chi connectivity index (χ1n) is 14.0. The summed E-state index contributed by atoms with van der Waals surface area (Å²) in [6.07, 6.45) is 5.13. The molecule has 1 aliphatic heterocycles. The van der Waals surface area contributed by atoms with Crippen molar-refractivity contribution in [3.63, 3.8) is 0 Å². The van der Waals surface area contributed by atoms with Crippen molar-refractivity contribution in [2.75, 3.05) is 26.9 Å². The number of nitrogens with zero attached hydrogens (tertiary/aromatic N) is 1. The van der Waals surface area contributed by atoms with Crippen LogP contribution in [0.4, 0.5) is 0 Å². The summed E-state index contributed by atoms with van der Waals surface area (Å²) in [7, 11) is 1.70. The highest BCUT2D eigenvalue weighted by molar-refractivity contribution is 9.10. The van der Waals surface area contributed by atoms with Gasteiger partial charge in [0.1, 0.15) is 6.61 Å². The number of Topliss-reactive ketones (excluding diaryl/α,β-unsaturated/α-hetero) is 2. The Bertz CT molecular complexity index is 1320. The number of benzene rings is 2. The van der Waals surface area contributed by atoms with Crippen molar-refractivity contribution in [3.8, 4) is 11.5 Å². The molecule has 0 radical (unpaired) electrons. The van der Waals surface area contributed by atoms with Gasteiger partial charge in [0.15, 0.2) is 23.1 Å². The van der Waals surface area contributed by atoms with Gasteiger partial charge in [-0.15, -0.1) is 0 Å². The maximum atomic E-state index is 13.6. The molecule has 0 N–H and O–H groups in total. The lowest BCUT2D eigenvalue weighted by atomic mass is 9.71. The highest BCUT2D eigenvalue weighted by Crippen LogP contribution is 2.51. The molecule has 6 nitrogen and oxygen atoms in total. The zero-order chi connectivity index (χ0) is 28.2. The molecule has 212 valence electrons. The van der Waals surface area contributed by atoms with E-state index in [-0.39, 0.29) is 11.6 Å². The Kier molecular flexibility index (Phi) is 9.34. The maximum absolute atomic E-state index is 13.6. The molecule has 0 spiro atoms. The summed E-state index contributed by atoms with van der Waals surface area (Å²) in [6, 6.07) is 11.5. The van der Waals surface area contributed by atoms with Crippen molar-refractivity contribution in [3.05, 3.63) is 79.6 Å². The van der Waals surface area contributed by atoms with Gasteiger partial charge in [-0.05, 0) is 90.4 Å². The molecule has 0 amide bonds. The Labute approximate surface area is 249 Å². The number of carbonyl (C=O) groups is 2. The number of hydrogen-bond acceptors (Lipinski definition) is 6. The SMILES string of the molecule is CCOc1cc(C2C3=C(CCCC3=O)N(CCCOC)C3=C2C(=O)CCC3)cc(Br)c1OCc1cccc(Cl)c1. The minimum Gasteiger partial charge on any atom is -0.490 e. The summed E-state index contributed by atoms with van der Waals surface area (Å²) in [6.45, 7) is 4.06. The molecule has 2 aromatic carbocycles. The van der Waals surface area contributed by atoms with Crippen LogP contribution >= 0.6 is 27.5 Å². The van der Waals surface area contributed by atoms with E-state index in [0.29, 0.717) is 53.7 Å². The summed E-state index contributed by atoms with van der Waals surface area (Å²) in [5, 5.41) is 0.650. The van der Waals surface area contributed by atoms with E-state index in [4.69, 9.17) is 25.8 Å². The smallest absolute Gasteiger partial charge is 0.175 e. The van der Waals surface area contributed by atoms with Crippen molar-refractivity contribution >= 4 is 39.1 Å². The van der Waals surface area contributed by atoms with Gasteiger partial charge in [-0.25, -0.2) is 0 Å². The molecule has 0 atom stereocenters. The van der Waals surface area contributed by atoms with Crippen LogP contribution in [0.1, 0.15) is 68.9 Å². The fourth-order valence-corrected chi connectivity index (χ4v) is 6.91. The molecule has 1 heterocycles. The van der Waals surface area contributed by atoms with Gasteiger partial charge >= 0.3 is 0 Å². The highest BCUT2D eigenvalue weighted by atomic mass is 79.9. The quantitative estimate of drug-likeness (QED) is 0.254. The molecule has 3 aliphatic rings. The van der Waals surface area contributed by atoms with E-state index in [9.17, 15) is 9.59 Å².